The highest BCUT2D eigenvalue weighted by Crippen LogP contribution is 2.28. The molecule has 2 aromatic carbocycles. The van der Waals surface area contributed by atoms with Crippen molar-refractivity contribution in [2.24, 2.45) is 0 Å². The number of hydrogen-bond donors (Lipinski definition) is 2. The van der Waals surface area contributed by atoms with Crippen molar-refractivity contribution in [2.75, 3.05) is 19.0 Å². The van der Waals surface area contributed by atoms with Gasteiger partial charge in [-0.2, -0.15) is 0 Å². The average Bonchev–Trinajstić information content (AvgIpc) is 2.68. The van der Waals surface area contributed by atoms with E-state index in [1.807, 2.05) is 0 Å². The highest BCUT2D eigenvalue weighted by atomic mass is 32.1. The molecule has 0 atom stereocenters. The number of carbonyl (C=O) groups excluding carboxylic acids is 1. The number of hydrogen-bond acceptors (Lipinski definition) is 6. The topological polar surface area (TPSA) is 103 Å². The molecule has 0 saturated carbocycles. The van der Waals surface area contributed by atoms with E-state index < -0.39 is 10.8 Å². The zero-order chi connectivity index (χ0) is 20.5. The van der Waals surface area contributed by atoms with Gasteiger partial charge in [-0.25, -0.2) is 0 Å². The zero-order valence-electron chi connectivity index (χ0n) is 15.6. The van der Waals surface area contributed by atoms with E-state index in [0.717, 1.165) is 12.8 Å². The maximum atomic E-state index is 12.4. The molecule has 0 aliphatic heterocycles. The van der Waals surface area contributed by atoms with Crippen LogP contribution in [0.3, 0.4) is 0 Å². The Balaban J connectivity index is 2.05. The van der Waals surface area contributed by atoms with Crippen LogP contribution >= 0.6 is 12.2 Å². The van der Waals surface area contributed by atoms with Crippen molar-refractivity contribution >= 4 is 34.6 Å². The first-order valence-corrected chi connectivity index (χ1v) is 9.03. The number of benzene rings is 2. The molecule has 0 aliphatic carbocycles. The van der Waals surface area contributed by atoms with Gasteiger partial charge in [0, 0.05) is 17.7 Å². The van der Waals surface area contributed by atoms with E-state index in [4.69, 9.17) is 21.7 Å². The molecule has 0 heterocycles. The fourth-order valence-corrected chi connectivity index (χ4v) is 2.50. The number of nitrogens with zero attached hydrogens (tertiary/aromatic N) is 1. The monoisotopic (exact) mass is 403 g/mol. The van der Waals surface area contributed by atoms with Crippen LogP contribution in [-0.2, 0) is 0 Å². The van der Waals surface area contributed by atoms with Crippen molar-refractivity contribution in [1.29, 1.82) is 0 Å². The number of nitro groups is 1. The second-order valence-corrected chi connectivity index (χ2v) is 6.19. The van der Waals surface area contributed by atoms with Gasteiger partial charge in [0.15, 0.2) is 5.11 Å². The minimum Gasteiger partial charge on any atom is -0.495 e. The van der Waals surface area contributed by atoms with Gasteiger partial charge in [-0.3, -0.25) is 20.2 Å². The average molecular weight is 403 g/mol. The molecule has 8 nitrogen and oxygen atoms in total. The van der Waals surface area contributed by atoms with Crippen molar-refractivity contribution in [3.05, 3.63) is 58.1 Å². The summed E-state index contributed by atoms with van der Waals surface area (Å²) in [5, 5.41) is 16.2. The Labute approximate surface area is 168 Å². The Morgan fingerprint density at radius 2 is 2.04 bits per heavy atom. The predicted molar refractivity (Wildman–Crippen MR) is 110 cm³/mol. The van der Waals surface area contributed by atoms with Crippen LogP contribution in [0.5, 0.6) is 11.5 Å². The molecule has 148 valence electrons. The summed E-state index contributed by atoms with van der Waals surface area (Å²) < 4.78 is 10.8. The normalized spacial score (nSPS) is 10.1. The summed E-state index contributed by atoms with van der Waals surface area (Å²) >= 11 is 5.15. The van der Waals surface area contributed by atoms with E-state index in [0.29, 0.717) is 23.7 Å². The van der Waals surface area contributed by atoms with Crippen LogP contribution in [0.15, 0.2) is 42.5 Å². The van der Waals surface area contributed by atoms with Crippen LogP contribution in [0, 0.1) is 10.1 Å². The molecular weight excluding hydrogens is 382 g/mol. The smallest absolute Gasteiger partial charge is 0.271 e. The Kier molecular flexibility index (Phi) is 7.70. The number of rotatable bonds is 8. The maximum absolute atomic E-state index is 12.4. The largest absolute Gasteiger partial charge is 0.495 e. The van der Waals surface area contributed by atoms with Crippen molar-refractivity contribution in [3.63, 3.8) is 0 Å². The lowest BCUT2D eigenvalue weighted by molar-refractivity contribution is -0.384. The molecule has 0 aliphatic rings. The number of nitro benzene ring substituents is 1. The summed E-state index contributed by atoms with van der Waals surface area (Å²) in [4.78, 5) is 22.8. The van der Waals surface area contributed by atoms with Gasteiger partial charge in [-0.1, -0.05) is 19.4 Å². The molecule has 9 heteroatoms. The summed E-state index contributed by atoms with van der Waals surface area (Å²) in [5.74, 6) is 0.525. The number of amides is 1. The first kappa shape index (κ1) is 21.1. The van der Waals surface area contributed by atoms with Gasteiger partial charge in [0.05, 0.1) is 24.3 Å². The van der Waals surface area contributed by atoms with Crippen LogP contribution in [0.25, 0.3) is 0 Å². The molecule has 0 unspecified atom stereocenters. The Morgan fingerprint density at radius 3 is 2.71 bits per heavy atom. The number of ether oxygens (including phenoxy) is 2. The molecule has 0 fully saturated rings. The van der Waals surface area contributed by atoms with Crippen LogP contribution in [0.4, 0.5) is 11.4 Å². The summed E-state index contributed by atoms with van der Waals surface area (Å²) in [6.07, 6.45) is 1.94. The molecule has 0 bridgehead atoms. The van der Waals surface area contributed by atoms with E-state index in [1.165, 1.54) is 25.3 Å². The van der Waals surface area contributed by atoms with Crippen molar-refractivity contribution in [2.45, 2.75) is 19.8 Å². The van der Waals surface area contributed by atoms with E-state index in [1.54, 1.807) is 24.3 Å². The number of methoxy groups -OCH3 is 1. The Morgan fingerprint density at radius 1 is 1.25 bits per heavy atom. The van der Waals surface area contributed by atoms with E-state index in [-0.39, 0.29) is 16.5 Å². The van der Waals surface area contributed by atoms with Crippen molar-refractivity contribution < 1.29 is 19.2 Å². The molecule has 1 amide bonds. The summed E-state index contributed by atoms with van der Waals surface area (Å²) in [6.45, 7) is 2.64. The molecule has 2 rings (SSSR count). The molecule has 2 N–H and O–H groups in total. The van der Waals surface area contributed by atoms with Crippen LogP contribution in [0.1, 0.15) is 30.1 Å². The number of non-ortho nitro benzene ring substituents is 1. The van der Waals surface area contributed by atoms with Gasteiger partial charge in [0.1, 0.15) is 11.5 Å². The molecule has 28 heavy (non-hydrogen) atoms. The Bertz CT molecular complexity index is 872. The van der Waals surface area contributed by atoms with Gasteiger partial charge in [-0.05, 0) is 42.9 Å². The molecule has 0 spiro atoms. The number of thiocarbonyl (C=S) groups is 1. The van der Waals surface area contributed by atoms with Crippen LogP contribution < -0.4 is 20.1 Å². The summed E-state index contributed by atoms with van der Waals surface area (Å²) in [7, 11) is 1.43. The van der Waals surface area contributed by atoms with Crippen LogP contribution in [0.2, 0.25) is 0 Å². The minimum atomic E-state index is -0.531. The van der Waals surface area contributed by atoms with E-state index in [9.17, 15) is 14.9 Å². The summed E-state index contributed by atoms with van der Waals surface area (Å²) in [6, 6.07) is 10.8. The maximum Gasteiger partial charge on any atom is 0.271 e. The van der Waals surface area contributed by atoms with E-state index >= 15 is 0 Å². The Hall–Kier alpha value is -3.20. The second-order valence-electron chi connectivity index (χ2n) is 5.78. The second kappa shape index (κ2) is 10.2. The first-order chi connectivity index (χ1) is 13.4. The molecule has 0 saturated heterocycles. The number of carbonyl (C=O) groups is 1. The lowest BCUT2D eigenvalue weighted by Crippen LogP contribution is -2.34. The quantitative estimate of drug-likeness (QED) is 0.298. The SMILES string of the molecule is CCCCOc1cccc(C(=O)NC(=S)Nc2cc([N+](=O)[O-])ccc2OC)c1. The van der Waals surface area contributed by atoms with Gasteiger partial charge in [0.25, 0.3) is 11.6 Å². The fraction of sp³-hybridized carbons (Fsp3) is 0.263. The van der Waals surface area contributed by atoms with Gasteiger partial charge < -0.3 is 14.8 Å². The van der Waals surface area contributed by atoms with E-state index in [2.05, 4.69) is 17.6 Å². The van der Waals surface area contributed by atoms with Crippen molar-refractivity contribution in [1.82, 2.24) is 5.32 Å². The molecule has 0 radical (unpaired) electrons. The lowest BCUT2D eigenvalue weighted by Gasteiger charge is -2.13. The fourth-order valence-electron chi connectivity index (χ4n) is 2.30. The van der Waals surface area contributed by atoms with Gasteiger partial charge in [0.2, 0.25) is 0 Å². The summed E-state index contributed by atoms with van der Waals surface area (Å²) in [5.41, 5.74) is 0.525. The van der Waals surface area contributed by atoms with Gasteiger partial charge >= 0.3 is 0 Å². The van der Waals surface area contributed by atoms with Crippen molar-refractivity contribution in [3.8, 4) is 11.5 Å². The number of anilines is 1. The third-order valence-electron chi connectivity index (χ3n) is 3.73. The van der Waals surface area contributed by atoms with Crippen LogP contribution in [-0.4, -0.2) is 29.7 Å². The number of nitrogens with one attached hydrogen (secondary N) is 2. The standard InChI is InChI=1S/C19H21N3O5S/c1-3-4-10-27-15-7-5-6-13(11-15)18(23)21-19(28)20-16-12-14(22(24)25)8-9-17(16)26-2/h5-9,11-12H,3-4,10H2,1-2H3,(H2,20,21,23,28). The predicted octanol–water partition coefficient (Wildman–Crippen LogP) is 3.91. The first-order valence-electron chi connectivity index (χ1n) is 8.62. The number of unbranched alkanes of at least 4 members (excludes halogenated alkanes) is 1. The lowest BCUT2D eigenvalue weighted by atomic mass is 10.2. The molecular formula is C19H21N3O5S. The molecule has 2 aromatic rings. The molecule has 0 aromatic heterocycles. The highest BCUT2D eigenvalue weighted by molar-refractivity contribution is 7.80. The van der Waals surface area contributed by atoms with Gasteiger partial charge in [-0.15, -0.1) is 0 Å². The zero-order valence-corrected chi connectivity index (χ0v) is 16.4. The minimum absolute atomic E-state index is 0.0129. The highest BCUT2D eigenvalue weighted by Gasteiger charge is 2.14. The third-order valence-corrected chi connectivity index (χ3v) is 3.94. The third kappa shape index (κ3) is 5.92.